The molecule has 0 aliphatic carbocycles. The molecule has 0 spiro atoms. The van der Waals surface area contributed by atoms with E-state index in [1.165, 1.54) is 11.8 Å². The zero-order chi connectivity index (χ0) is 16.9. The third-order valence-electron chi connectivity index (χ3n) is 3.34. The predicted octanol–water partition coefficient (Wildman–Crippen LogP) is 3.01. The highest BCUT2D eigenvalue weighted by atomic mass is 32.2. The molecule has 6 nitrogen and oxygen atoms in total. The first-order valence-corrected chi connectivity index (χ1v) is 8.31. The van der Waals surface area contributed by atoms with E-state index < -0.39 is 0 Å². The van der Waals surface area contributed by atoms with Gasteiger partial charge in [-0.25, -0.2) is 9.98 Å². The molecular weight excluding hydrogens is 322 g/mol. The van der Waals surface area contributed by atoms with Crippen LogP contribution >= 0.6 is 11.8 Å². The van der Waals surface area contributed by atoms with Crippen LogP contribution in [0.3, 0.4) is 0 Å². The molecule has 7 heteroatoms. The molecule has 0 aliphatic heterocycles. The van der Waals surface area contributed by atoms with Crippen LogP contribution in [0.1, 0.15) is 0 Å². The number of aromatic amines is 1. The first-order valence-electron chi connectivity index (χ1n) is 7.09. The van der Waals surface area contributed by atoms with E-state index in [4.69, 9.17) is 5.26 Å². The molecule has 118 valence electrons. The molecule has 0 saturated carbocycles. The van der Waals surface area contributed by atoms with Crippen molar-refractivity contribution >= 4 is 33.7 Å². The van der Waals surface area contributed by atoms with Crippen LogP contribution in [-0.4, -0.2) is 21.4 Å². The Morgan fingerprint density at radius 1 is 1.25 bits per heavy atom. The van der Waals surface area contributed by atoms with Gasteiger partial charge in [0.1, 0.15) is 5.69 Å². The monoisotopic (exact) mass is 335 g/mol. The van der Waals surface area contributed by atoms with Crippen molar-refractivity contribution in [2.45, 2.75) is 0 Å². The smallest absolute Gasteiger partial charge is 0.275 e. The molecule has 0 bridgehead atoms. The molecule has 0 unspecified atom stereocenters. The third kappa shape index (κ3) is 3.14. The van der Waals surface area contributed by atoms with Crippen LogP contribution in [0.5, 0.6) is 0 Å². The van der Waals surface area contributed by atoms with Crippen molar-refractivity contribution in [3.63, 3.8) is 0 Å². The van der Waals surface area contributed by atoms with Gasteiger partial charge in [0.2, 0.25) is 0 Å². The zero-order valence-electron chi connectivity index (χ0n) is 12.8. The molecule has 0 aliphatic rings. The molecule has 24 heavy (non-hydrogen) atoms. The maximum atomic E-state index is 12.4. The van der Waals surface area contributed by atoms with E-state index in [1.54, 1.807) is 18.2 Å². The highest BCUT2D eigenvalue weighted by Gasteiger charge is 2.12. The number of nitrogens with zero attached hydrogens (tertiary/aromatic N) is 3. The van der Waals surface area contributed by atoms with Gasteiger partial charge in [0.25, 0.3) is 5.56 Å². The first-order chi connectivity index (χ1) is 11.7. The lowest BCUT2D eigenvalue weighted by molar-refractivity contribution is 1.22. The summed E-state index contributed by atoms with van der Waals surface area (Å²) in [4.78, 5) is 24.2. The summed E-state index contributed by atoms with van der Waals surface area (Å²) in [5.41, 5.74) is 2.57. The number of aliphatic imine (C=N–C) groups is 1. The summed E-state index contributed by atoms with van der Waals surface area (Å²) in [5.74, 6) is 0. The number of benzene rings is 2. The second-order valence-electron chi connectivity index (χ2n) is 4.81. The predicted molar refractivity (Wildman–Crippen MR) is 97.2 cm³/mol. The van der Waals surface area contributed by atoms with Crippen LogP contribution in [0.2, 0.25) is 0 Å². The number of H-pyrrole nitrogens is 1. The average molecular weight is 335 g/mol. The summed E-state index contributed by atoms with van der Waals surface area (Å²) >= 11 is 1.31. The first kappa shape index (κ1) is 15.8. The number of aromatic nitrogens is 2. The number of thioether (sulfide) groups is 1. The SMILES string of the molecule is CSC(=Nc1ccccc1-c1nc2ccccc2[nH]c1=O)NC#N. The fraction of sp³-hybridized carbons (Fsp3) is 0.0588. The fourth-order valence-electron chi connectivity index (χ4n) is 2.27. The number of fused-ring (bicyclic) bond motifs is 1. The average Bonchev–Trinajstić information content (AvgIpc) is 2.61. The molecule has 0 amide bonds. The number of rotatable bonds is 2. The maximum absolute atomic E-state index is 12.4. The molecule has 2 aromatic carbocycles. The van der Waals surface area contributed by atoms with E-state index in [1.807, 2.05) is 42.8 Å². The number of nitriles is 1. The Hall–Kier alpha value is -3.11. The normalized spacial score (nSPS) is 11.2. The molecule has 0 fully saturated rings. The topological polar surface area (TPSA) is 93.9 Å². The molecule has 0 saturated heterocycles. The third-order valence-corrected chi connectivity index (χ3v) is 3.92. The van der Waals surface area contributed by atoms with Crippen LogP contribution in [0.25, 0.3) is 22.3 Å². The van der Waals surface area contributed by atoms with Gasteiger partial charge in [-0.2, -0.15) is 5.26 Å². The van der Waals surface area contributed by atoms with Gasteiger partial charge in [-0.3, -0.25) is 10.1 Å². The lowest BCUT2D eigenvalue weighted by Crippen LogP contribution is -2.13. The molecule has 0 radical (unpaired) electrons. The van der Waals surface area contributed by atoms with Crippen LogP contribution in [0.15, 0.2) is 58.3 Å². The summed E-state index contributed by atoms with van der Waals surface area (Å²) in [5, 5.41) is 11.7. The van der Waals surface area contributed by atoms with Crippen LogP contribution in [0, 0.1) is 11.5 Å². The lowest BCUT2D eigenvalue weighted by Gasteiger charge is -2.07. The summed E-state index contributed by atoms with van der Waals surface area (Å²) in [6, 6.07) is 14.6. The van der Waals surface area contributed by atoms with Crippen LogP contribution in [-0.2, 0) is 0 Å². The Balaban J connectivity index is 2.19. The number of para-hydroxylation sites is 3. The van der Waals surface area contributed by atoms with Gasteiger partial charge < -0.3 is 4.98 Å². The van der Waals surface area contributed by atoms with E-state index in [0.29, 0.717) is 33.1 Å². The van der Waals surface area contributed by atoms with Crippen molar-refractivity contribution in [2.24, 2.45) is 4.99 Å². The highest BCUT2D eigenvalue weighted by molar-refractivity contribution is 8.13. The number of hydrogen-bond acceptors (Lipinski definition) is 5. The standard InChI is InChI=1S/C17H13N5OS/c1-24-17(19-10-18)22-12-7-3-2-6-11(12)15-16(23)21-14-9-5-4-8-13(14)20-15/h2-9H,1H3,(H,19,22)(H,21,23). The van der Waals surface area contributed by atoms with Crippen molar-refractivity contribution in [3.8, 4) is 17.5 Å². The van der Waals surface area contributed by atoms with Crippen molar-refractivity contribution in [2.75, 3.05) is 6.26 Å². The van der Waals surface area contributed by atoms with Crippen LogP contribution in [0.4, 0.5) is 5.69 Å². The number of hydrogen-bond donors (Lipinski definition) is 2. The van der Waals surface area contributed by atoms with E-state index in [-0.39, 0.29) is 5.56 Å². The summed E-state index contributed by atoms with van der Waals surface area (Å²) in [7, 11) is 0. The Bertz CT molecular complexity index is 1020. The Kier molecular flexibility index (Phi) is 4.59. The summed E-state index contributed by atoms with van der Waals surface area (Å²) in [6.07, 6.45) is 3.66. The summed E-state index contributed by atoms with van der Waals surface area (Å²) in [6.45, 7) is 0. The van der Waals surface area contributed by atoms with Crippen molar-refractivity contribution in [1.82, 2.24) is 15.3 Å². The Morgan fingerprint density at radius 3 is 2.79 bits per heavy atom. The van der Waals surface area contributed by atoms with E-state index in [9.17, 15) is 4.79 Å². The minimum Gasteiger partial charge on any atom is -0.319 e. The van der Waals surface area contributed by atoms with Crippen molar-refractivity contribution in [1.29, 1.82) is 5.26 Å². The molecule has 3 aromatic rings. The van der Waals surface area contributed by atoms with Gasteiger partial charge >= 0.3 is 0 Å². The van der Waals surface area contributed by atoms with Gasteiger partial charge in [0, 0.05) is 5.56 Å². The second kappa shape index (κ2) is 6.98. The van der Waals surface area contributed by atoms with E-state index in [0.717, 1.165) is 0 Å². The molecule has 1 aromatic heterocycles. The molecule has 3 rings (SSSR count). The molecular formula is C17H13N5OS. The van der Waals surface area contributed by atoms with Gasteiger partial charge in [0.05, 0.1) is 16.7 Å². The molecule has 0 atom stereocenters. The second-order valence-corrected chi connectivity index (χ2v) is 5.60. The van der Waals surface area contributed by atoms with Gasteiger partial charge in [-0.15, -0.1) is 0 Å². The zero-order valence-corrected chi connectivity index (χ0v) is 13.6. The van der Waals surface area contributed by atoms with Gasteiger partial charge in [-0.05, 0) is 24.5 Å². The van der Waals surface area contributed by atoms with Crippen molar-refractivity contribution in [3.05, 3.63) is 58.9 Å². The Morgan fingerprint density at radius 2 is 2.00 bits per heavy atom. The van der Waals surface area contributed by atoms with Crippen LogP contribution < -0.4 is 10.9 Å². The highest BCUT2D eigenvalue weighted by Crippen LogP contribution is 2.28. The number of amidine groups is 1. The maximum Gasteiger partial charge on any atom is 0.275 e. The lowest BCUT2D eigenvalue weighted by atomic mass is 10.1. The molecule has 1 heterocycles. The fourth-order valence-corrected chi connectivity index (χ4v) is 2.60. The van der Waals surface area contributed by atoms with Gasteiger partial charge in [-0.1, -0.05) is 42.1 Å². The van der Waals surface area contributed by atoms with Crippen molar-refractivity contribution < 1.29 is 0 Å². The Labute approximate surface area is 142 Å². The quantitative estimate of drug-likeness (QED) is 0.325. The van der Waals surface area contributed by atoms with Gasteiger partial charge in [0.15, 0.2) is 11.4 Å². The van der Waals surface area contributed by atoms with E-state index in [2.05, 4.69) is 20.3 Å². The molecule has 2 N–H and O–H groups in total. The largest absolute Gasteiger partial charge is 0.319 e. The minimum absolute atomic E-state index is 0.282. The number of nitrogens with one attached hydrogen (secondary N) is 2. The minimum atomic E-state index is -0.282. The van der Waals surface area contributed by atoms with E-state index >= 15 is 0 Å². The summed E-state index contributed by atoms with van der Waals surface area (Å²) < 4.78 is 0.